The van der Waals surface area contributed by atoms with Crippen molar-refractivity contribution in [2.45, 2.75) is 0 Å². The van der Waals surface area contributed by atoms with Gasteiger partial charge in [-0.25, -0.2) is 0 Å². The van der Waals surface area contributed by atoms with Crippen molar-refractivity contribution in [3.63, 3.8) is 0 Å². The number of benzene rings is 1. The maximum atomic E-state index is 5.86. The van der Waals surface area contributed by atoms with Crippen molar-refractivity contribution in [1.82, 2.24) is 10.2 Å². The Morgan fingerprint density at radius 3 is 2.53 bits per heavy atom. The van der Waals surface area contributed by atoms with Gasteiger partial charge in [0, 0.05) is 10.6 Å². The van der Waals surface area contributed by atoms with E-state index in [4.69, 9.17) is 28.9 Å². The molecular formula is C10H7Cl2N3. The molecule has 0 aliphatic heterocycles. The highest BCUT2D eigenvalue weighted by molar-refractivity contribution is 6.33. The van der Waals surface area contributed by atoms with Crippen molar-refractivity contribution < 1.29 is 0 Å². The number of hydrogen-bond acceptors (Lipinski definition) is 3. The third-order valence-corrected chi connectivity index (χ3v) is 2.43. The van der Waals surface area contributed by atoms with Gasteiger partial charge in [0.05, 0.1) is 10.7 Å². The predicted octanol–water partition coefficient (Wildman–Crippen LogP) is 3.03. The Bertz CT molecular complexity index is 500. The van der Waals surface area contributed by atoms with Gasteiger partial charge in [-0.05, 0) is 18.2 Å². The van der Waals surface area contributed by atoms with Gasteiger partial charge in [-0.2, -0.15) is 0 Å². The van der Waals surface area contributed by atoms with Crippen molar-refractivity contribution in [1.29, 1.82) is 0 Å². The first kappa shape index (κ1) is 10.2. The Morgan fingerprint density at radius 2 is 1.87 bits per heavy atom. The van der Waals surface area contributed by atoms with Crippen LogP contribution in [0.2, 0.25) is 10.0 Å². The van der Waals surface area contributed by atoms with Crippen LogP contribution in [-0.4, -0.2) is 10.2 Å². The standard InChI is InChI=1S/C10H7Cl2N3/c11-7-3-1-2-6(4-7)9-5-8(12)10(13)15-14-9/h1-5H,(H2,13,15). The molecule has 0 unspecified atom stereocenters. The number of nitrogens with zero attached hydrogens (tertiary/aromatic N) is 2. The first-order chi connectivity index (χ1) is 7.16. The van der Waals surface area contributed by atoms with Crippen LogP contribution in [0.15, 0.2) is 30.3 Å². The summed E-state index contributed by atoms with van der Waals surface area (Å²) in [6.45, 7) is 0. The average Bonchev–Trinajstić information content (AvgIpc) is 2.22. The summed E-state index contributed by atoms with van der Waals surface area (Å²) in [5, 5.41) is 8.70. The van der Waals surface area contributed by atoms with E-state index in [0.717, 1.165) is 5.56 Å². The van der Waals surface area contributed by atoms with Crippen molar-refractivity contribution in [3.05, 3.63) is 40.4 Å². The van der Waals surface area contributed by atoms with E-state index in [1.54, 1.807) is 18.2 Å². The Kier molecular flexibility index (Phi) is 2.75. The normalized spacial score (nSPS) is 10.3. The zero-order chi connectivity index (χ0) is 10.8. The quantitative estimate of drug-likeness (QED) is 0.833. The van der Waals surface area contributed by atoms with Crippen LogP contribution in [0.4, 0.5) is 5.82 Å². The summed E-state index contributed by atoms with van der Waals surface area (Å²) in [7, 11) is 0. The number of rotatable bonds is 1. The van der Waals surface area contributed by atoms with E-state index in [2.05, 4.69) is 10.2 Å². The van der Waals surface area contributed by atoms with E-state index in [1.165, 1.54) is 0 Å². The number of aromatic nitrogens is 2. The van der Waals surface area contributed by atoms with Crippen LogP contribution in [0.25, 0.3) is 11.3 Å². The Hall–Kier alpha value is -1.32. The predicted molar refractivity (Wildman–Crippen MR) is 61.9 cm³/mol. The average molecular weight is 240 g/mol. The molecule has 1 heterocycles. The fraction of sp³-hybridized carbons (Fsp3) is 0. The molecule has 0 saturated carbocycles. The Labute approximate surface area is 96.8 Å². The molecule has 0 atom stereocenters. The number of hydrogen-bond donors (Lipinski definition) is 1. The summed E-state index contributed by atoms with van der Waals surface area (Å²) in [5.74, 6) is 0.224. The van der Waals surface area contributed by atoms with Gasteiger partial charge >= 0.3 is 0 Å². The fourth-order valence-corrected chi connectivity index (χ4v) is 1.50. The van der Waals surface area contributed by atoms with Crippen LogP contribution >= 0.6 is 23.2 Å². The van der Waals surface area contributed by atoms with E-state index in [0.29, 0.717) is 15.7 Å². The van der Waals surface area contributed by atoms with Gasteiger partial charge in [0.25, 0.3) is 0 Å². The molecule has 2 N–H and O–H groups in total. The summed E-state index contributed by atoms with van der Waals surface area (Å²) in [5.41, 5.74) is 6.97. The largest absolute Gasteiger partial charge is 0.381 e. The molecule has 3 nitrogen and oxygen atoms in total. The molecular weight excluding hydrogens is 233 g/mol. The fourth-order valence-electron chi connectivity index (χ4n) is 1.17. The SMILES string of the molecule is Nc1nnc(-c2cccc(Cl)c2)cc1Cl. The molecule has 1 aromatic heterocycles. The molecule has 15 heavy (non-hydrogen) atoms. The first-order valence-electron chi connectivity index (χ1n) is 4.21. The minimum atomic E-state index is 0.224. The molecule has 76 valence electrons. The summed E-state index contributed by atoms with van der Waals surface area (Å²) in [6, 6.07) is 8.96. The van der Waals surface area contributed by atoms with Crippen LogP contribution in [-0.2, 0) is 0 Å². The molecule has 0 bridgehead atoms. The molecule has 0 saturated heterocycles. The van der Waals surface area contributed by atoms with E-state index in [9.17, 15) is 0 Å². The Morgan fingerprint density at radius 1 is 1.07 bits per heavy atom. The summed E-state index contributed by atoms with van der Waals surface area (Å²) < 4.78 is 0. The van der Waals surface area contributed by atoms with E-state index >= 15 is 0 Å². The van der Waals surface area contributed by atoms with Gasteiger partial charge in [0.15, 0.2) is 5.82 Å². The number of anilines is 1. The van der Waals surface area contributed by atoms with Gasteiger partial charge < -0.3 is 5.73 Å². The molecule has 0 aliphatic carbocycles. The third kappa shape index (κ3) is 2.19. The minimum Gasteiger partial charge on any atom is -0.381 e. The van der Waals surface area contributed by atoms with E-state index < -0.39 is 0 Å². The molecule has 0 spiro atoms. The zero-order valence-electron chi connectivity index (χ0n) is 7.61. The maximum Gasteiger partial charge on any atom is 0.164 e. The molecule has 2 rings (SSSR count). The lowest BCUT2D eigenvalue weighted by Crippen LogP contribution is -1.95. The molecule has 2 aromatic rings. The number of halogens is 2. The van der Waals surface area contributed by atoms with Gasteiger partial charge in [-0.15, -0.1) is 10.2 Å². The Balaban J connectivity index is 2.50. The van der Waals surface area contributed by atoms with Crippen LogP contribution in [0.5, 0.6) is 0 Å². The number of nitrogen functional groups attached to an aromatic ring is 1. The lowest BCUT2D eigenvalue weighted by Gasteiger charge is -2.02. The van der Waals surface area contributed by atoms with Crippen molar-refractivity contribution in [3.8, 4) is 11.3 Å². The summed E-state index contributed by atoms with van der Waals surface area (Å²) in [4.78, 5) is 0. The highest BCUT2D eigenvalue weighted by atomic mass is 35.5. The first-order valence-corrected chi connectivity index (χ1v) is 4.97. The van der Waals surface area contributed by atoms with Crippen molar-refractivity contribution in [2.24, 2.45) is 0 Å². The van der Waals surface area contributed by atoms with E-state index in [-0.39, 0.29) is 5.82 Å². The zero-order valence-corrected chi connectivity index (χ0v) is 9.13. The van der Waals surface area contributed by atoms with Crippen LogP contribution in [0.3, 0.4) is 0 Å². The topological polar surface area (TPSA) is 51.8 Å². The molecule has 0 radical (unpaired) electrons. The number of nitrogens with two attached hydrogens (primary N) is 1. The van der Waals surface area contributed by atoms with Crippen LogP contribution in [0.1, 0.15) is 0 Å². The van der Waals surface area contributed by atoms with Crippen molar-refractivity contribution in [2.75, 3.05) is 5.73 Å². The van der Waals surface area contributed by atoms with Crippen LogP contribution in [0, 0.1) is 0 Å². The second-order valence-electron chi connectivity index (χ2n) is 2.97. The monoisotopic (exact) mass is 239 g/mol. The second-order valence-corrected chi connectivity index (χ2v) is 3.82. The van der Waals surface area contributed by atoms with Gasteiger partial charge in [-0.3, -0.25) is 0 Å². The minimum absolute atomic E-state index is 0.224. The lowest BCUT2D eigenvalue weighted by atomic mass is 10.1. The maximum absolute atomic E-state index is 5.86. The summed E-state index contributed by atoms with van der Waals surface area (Å²) in [6.07, 6.45) is 0. The van der Waals surface area contributed by atoms with Gasteiger partial charge in [0.2, 0.25) is 0 Å². The van der Waals surface area contributed by atoms with Gasteiger partial charge in [-0.1, -0.05) is 35.3 Å². The molecule has 0 aliphatic rings. The molecule has 0 amide bonds. The highest BCUT2D eigenvalue weighted by Crippen LogP contribution is 2.24. The lowest BCUT2D eigenvalue weighted by molar-refractivity contribution is 1.05. The van der Waals surface area contributed by atoms with Gasteiger partial charge in [0.1, 0.15) is 0 Å². The summed E-state index contributed by atoms with van der Waals surface area (Å²) >= 11 is 11.7. The van der Waals surface area contributed by atoms with E-state index in [1.807, 2.05) is 12.1 Å². The molecule has 5 heteroatoms. The molecule has 1 aromatic carbocycles. The van der Waals surface area contributed by atoms with Crippen molar-refractivity contribution >= 4 is 29.0 Å². The second kappa shape index (κ2) is 4.04. The van der Waals surface area contributed by atoms with Crippen LogP contribution < -0.4 is 5.73 Å². The third-order valence-electron chi connectivity index (χ3n) is 1.89. The highest BCUT2D eigenvalue weighted by Gasteiger charge is 2.04. The smallest absolute Gasteiger partial charge is 0.164 e. The molecule has 0 fully saturated rings.